The van der Waals surface area contributed by atoms with Gasteiger partial charge in [-0.2, -0.15) is 0 Å². The number of hydrogen-bond donors (Lipinski definition) is 1. The van der Waals surface area contributed by atoms with E-state index in [1.54, 1.807) is 48.4 Å². The number of hydrogen-bond acceptors (Lipinski definition) is 7. The molecule has 35 heavy (non-hydrogen) atoms. The van der Waals surface area contributed by atoms with Crippen molar-refractivity contribution in [2.75, 3.05) is 46.5 Å². The van der Waals surface area contributed by atoms with Crippen LogP contribution in [0.4, 0.5) is 0 Å². The maximum Gasteiger partial charge on any atom is 0.295 e. The summed E-state index contributed by atoms with van der Waals surface area (Å²) >= 11 is 0. The minimum atomic E-state index is -0.700. The number of benzene rings is 2. The molecule has 2 aliphatic rings. The summed E-state index contributed by atoms with van der Waals surface area (Å²) in [5, 5.41) is 11.2. The van der Waals surface area contributed by atoms with E-state index in [0.29, 0.717) is 43.4 Å². The third-order valence-electron chi connectivity index (χ3n) is 6.23. The van der Waals surface area contributed by atoms with Gasteiger partial charge in [-0.3, -0.25) is 14.5 Å². The fourth-order valence-electron chi connectivity index (χ4n) is 4.44. The first-order valence-corrected chi connectivity index (χ1v) is 11.9. The highest BCUT2D eigenvalue weighted by atomic mass is 16.5. The first-order chi connectivity index (χ1) is 16.9. The Morgan fingerprint density at radius 3 is 2.23 bits per heavy atom. The van der Waals surface area contributed by atoms with Crippen molar-refractivity contribution in [3.8, 4) is 11.5 Å². The van der Waals surface area contributed by atoms with Gasteiger partial charge in [0, 0.05) is 31.7 Å². The number of likely N-dealkylation sites (tertiary alicyclic amines) is 1. The van der Waals surface area contributed by atoms with Gasteiger partial charge in [0.1, 0.15) is 17.3 Å². The summed E-state index contributed by atoms with van der Waals surface area (Å²) in [6, 6.07) is 13.4. The predicted molar refractivity (Wildman–Crippen MR) is 131 cm³/mol. The number of ether oxygens (including phenoxy) is 3. The topological polar surface area (TPSA) is 88.5 Å². The van der Waals surface area contributed by atoms with Gasteiger partial charge in [-0.05, 0) is 55.8 Å². The van der Waals surface area contributed by atoms with E-state index in [0.717, 1.165) is 18.7 Å². The molecule has 0 aliphatic carbocycles. The molecule has 1 amide bonds. The van der Waals surface area contributed by atoms with E-state index in [4.69, 9.17) is 14.2 Å². The van der Waals surface area contributed by atoms with Crippen LogP contribution in [0, 0.1) is 0 Å². The molecule has 0 saturated carbocycles. The molecule has 8 nitrogen and oxygen atoms in total. The summed E-state index contributed by atoms with van der Waals surface area (Å²) in [7, 11) is 1.58. The predicted octanol–water partition coefficient (Wildman–Crippen LogP) is 3.24. The quantitative estimate of drug-likeness (QED) is 0.353. The molecular weight excluding hydrogens is 448 g/mol. The van der Waals surface area contributed by atoms with Crippen molar-refractivity contribution >= 4 is 17.4 Å². The lowest BCUT2D eigenvalue weighted by atomic mass is 9.95. The van der Waals surface area contributed by atoms with E-state index in [-0.39, 0.29) is 17.4 Å². The van der Waals surface area contributed by atoms with Crippen molar-refractivity contribution < 1.29 is 28.9 Å². The Bertz CT molecular complexity index is 1070. The summed E-state index contributed by atoms with van der Waals surface area (Å²) in [5.74, 6) is -0.170. The maximum absolute atomic E-state index is 13.2. The summed E-state index contributed by atoms with van der Waals surface area (Å²) in [4.78, 5) is 30.1. The first kappa shape index (κ1) is 24.8. The highest BCUT2D eigenvalue weighted by Gasteiger charge is 2.46. The molecule has 0 spiro atoms. The zero-order valence-electron chi connectivity index (χ0n) is 20.4. The second kappa shape index (κ2) is 10.9. The normalized spacial score (nSPS) is 20.5. The van der Waals surface area contributed by atoms with E-state index in [2.05, 4.69) is 4.90 Å². The van der Waals surface area contributed by atoms with Gasteiger partial charge in [0.05, 0.1) is 38.0 Å². The Labute approximate surface area is 205 Å². The van der Waals surface area contributed by atoms with Crippen molar-refractivity contribution in [3.63, 3.8) is 0 Å². The lowest BCUT2D eigenvalue weighted by Crippen LogP contribution is -2.42. The molecule has 186 valence electrons. The number of ketones is 1. The molecule has 2 fully saturated rings. The number of amides is 1. The van der Waals surface area contributed by atoms with Gasteiger partial charge in [0.15, 0.2) is 0 Å². The van der Waals surface area contributed by atoms with Crippen LogP contribution in [0.25, 0.3) is 5.76 Å². The third-order valence-corrected chi connectivity index (χ3v) is 6.23. The van der Waals surface area contributed by atoms with Gasteiger partial charge < -0.3 is 24.2 Å². The number of rotatable bonds is 8. The van der Waals surface area contributed by atoms with E-state index in [1.807, 2.05) is 26.0 Å². The molecule has 2 aromatic carbocycles. The standard InChI is InChI=1S/C27H32N2O6/c1-18(2)35-22-10-6-20(7-11-22)25(30)23-24(19-4-8-21(33-3)9-5-19)29(27(32)26(23)31)13-12-28-14-16-34-17-15-28/h4-11,18,24,30H,12-17H2,1-3H3/b25-23+/t24-/m0/s1. The van der Waals surface area contributed by atoms with Gasteiger partial charge >= 0.3 is 0 Å². The molecule has 2 saturated heterocycles. The Balaban J connectivity index is 1.69. The van der Waals surface area contributed by atoms with Crippen molar-refractivity contribution in [3.05, 3.63) is 65.2 Å². The van der Waals surface area contributed by atoms with Crippen LogP contribution < -0.4 is 9.47 Å². The van der Waals surface area contributed by atoms with E-state index in [1.165, 1.54) is 0 Å². The Kier molecular flexibility index (Phi) is 7.73. The summed E-state index contributed by atoms with van der Waals surface area (Å²) < 4.78 is 16.4. The molecule has 0 radical (unpaired) electrons. The van der Waals surface area contributed by atoms with Gasteiger partial charge in [0.2, 0.25) is 0 Å². The third kappa shape index (κ3) is 5.49. The zero-order valence-corrected chi connectivity index (χ0v) is 20.4. The van der Waals surface area contributed by atoms with Crippen LogP contribution in [0.2, 0.25) is 0 Å². The molecule has 0 aromatic heterocycles. The monoisotopic (exact) mass is 480 g/mol. The van der Waals surface area contributed by atoms with Gasteiger partial charge in [0.25, 0.3) is 11.7 Å². The average molecular weight is 481 g/mol. The summed E-state index contributed by atoms with van der Waals surface area (Å²) in [6.07, 6.45) is 0.0151. The first-order valence-electron chi connectivity index (χ1n) is 11.9. The van der Waals surface area contributed by atoms with E-state index < -0.39 is 17.7 Å². The Morgan fingerprint density at radius 1 is 1.00 bits per heavy atom. The Hall–Kier alpha value is -3.36. The van der Waals surface area contributed by atoms with Crippen LogP contribution in [0.5, 0.6) is 11.5 Å². The highest BCUT2D eigenvalue weighted by molar-refractivity contribution is 6.46. The molecule has 1 atom stereocenters. The molecule has 0 unspecified atom stereocenters. The summed E-state index contributed by atoms with van der Waals surface area (Å²) in [6.45, 7) is 7.70. The number of aliphatic hydroxyl groups is 1. The zero-order chi connectivity index (χ0) is 24.9. The fourth-order valence-corrected chi connectivity index (χ4v) is 4.44. The highest BCUT2D eigenvalue weighted by Crippen LogP contribution is 2.40. The molecule has 2 heterocycles. The number of Topliss-reactive ketones (excluding diaryl/α,β-unsaturated/α-hetero) is 1. The minimum Gasteiger partial charge on any atom is -0.507 e. The molecule has 2 aromatic rings. The smallest absolute Gasteiger partial charge is 0.295 e. The maximum atomic E-state index is 13.2. The molecule has 8 heteroatoms. The van der Waals surface area contributed by atoms with Gasteiger partial charge in [-0.15, -0.1) is 0 Å². The van der Waals surface area contributed by atoms with Gasteiger partial charge in [-0.1, -0.05) is 12.1 Å². The van der Waals surface area contributed by atoms with Crippen molar-refractivity contribution in [2.24, 2.45) is 0 Å². The Morgan fingerprint density at radius 2 is 1.63 bits per heavy atom. The number of carbonyl (C=O) groups is 2. The second-order valence-corrected chi connectivity index (χ2v) is 8.91. The van der Waals surface area contributed by atoms with Crippen molar-refractivity contribution in [1.82, 2.24) is 9.80 Å². The SMILES string of the molecule is COc1ccc([C@H]2/C(=C(\O)c3ccc(OC(C)C)cc3)C(=O)C(=O)N2CCN2CCOCC2)cc1. The number of methoxy groups -OCH3 is 1. The van der Waals surface area contributed by atoms with E-state index in [9.17, 15) is 14.7 Å². The molecule has 2 aliphatic heterocycles. The number of carbonyl (C=O) groups excluding carboxylic acids is 2. The molecule has 0 bridgehead atoms. The van der Waals surface area contributed by atoms with Crippen LogP contribution in [0.3, 0.4) is 0 Å². The number of morpholine rings is 1. The molecular formula is C27H32N2O6. The number of aliphatic hydroxyl groups excluding tert-OH is 1. The van der Waals surface area contributed by atoms with Gasteiger partial charge in [-0.25, -0.2) is 0 Å². The average Bonchev–Trinajstić information content (AvgIpc) is 3.12. The van der Waals surface area contributed by atoms with E-state index >= 15 is 0 Å². The second-order valence-electron chi connectivity index (χ2n) is 8.91. The number of nitrogens with zero attached hydrogens (tertiary/aromatic N) is 2. The fraction of sp³-hybridized carbons (Fsp3) is 0.407. The van der Waals surface area contributed by atoms with Crippen LogP contribution in [0.1, 0.15) is 31.0 Å². The van der Waals surface area contributed by atoms with Crippen LogP contribution in [0.15, 0.2) is 54.1 Å². The van der Waals surface area contributed by atoms with Crippen LogP contribution in [-0.2, 0) is 14.3 Å². The van der Waals surface area contributed by atoms with Crippen LogP contribution >= 0.6 is 0 Å². The minimum absolute atomic E-state index is 0.0151. The van der Waals surface area contributed by atoms with Crippen LogP contribution in [-0.4, -0.2) is 79.2 Å². The molecule has 1 N–H and O–H groups in total. The lowest BCUT2D eigenvalue weighted by Gasteiger charge is -2.31. The largest absolute Gasteiger partial charge is 0.507 e. The lowest BCUT2D eigenvalue weighted by molar-refractivity contribution is -0.140. The van der Waals surface area contributed by atoms with Crippen molar-refractivity contribution in [1.29, 1.82) is 0 Å². The van der Waals surface area contributed by atoms with Crippen molar-refractivity contribution in [2.45, 2.75) is 26.0 Å². The molecule has 4 rings (SSSR count). The summed E-state index contributed by atoms with van der Waals surface area (Å²) in [5.41, 5.74) is 1.26.